The third-order valence-corrected chi connectivity index (χ3v) is 2.05. The van der Waals surface area contributed by atoms with Gasteiger partial charge < -0.3 is 0 Å². The van der Waals surface area contributed by atoms with Crippen molar-refractivity contribution < 1.29 is 0 Å². The fraction of sp³-hybridized carbons (Fsp3) is 0.250. The van der Waals surface area contributed by atoms with Crippen molar-refractivity contribution in [1.82, 2.24) is 15.4 Å². The van der Waals surface area contributed by atoms with Crippen LogP contribution in [0.1, 0.15) is 17.9 Å². The van der Waals surface area contributed by atoms with Gasteiger partial charge in [0.1, 0.15) is 11.0 Å². The van der Waals surface area contributed by atoms with Crippen LogP contribution in [0.25, 0.3) is 11.0 Å². The molecule has 0 radical (unpaired) electrons. The molecule has 0 saturated heterocycles. The average Bonchev–Trinajstić information content (AvgIpc) is 2.49. The lowest BCUT2D eigenvalue weighted by molar-refractivity contribution is 0.959. The summed E-state index contributed by atoms with van der Waals surface area (Å²) in [7, 11) is 0. The molecule has 4 heteroatoms. The predicted molar refractivity (Wildman–Crippen MR) is 48.2 cm³/mol. The van der Waals surface area contributed by atoms with E-state index in [1.165, 1.54) is 0 Å². The van der Waals surface area contributed by atoms with Crippen LogP contribution in [-0.2, 0) is 0 Å². The molecule has 1 aromatic heterocycles. The first kappa shape index (κ1) is 7.55. The molecule has 2 rings (SSSR count). The van der Waals surface area contributed by atoms with Crippen LogP contribution in [-0.4, -0.2) is 15.4 Å². The summed E-state index contributed by atoms with van der Waals surface area (Å²) in [6, 6.07) is 5.81. The number of nitrogens with zero attached hydrogens (tertiary/aromatic N) is 2. The van der Waals surface area contributed by atoms with Crippen molar-refractivity contribution in [2.45, 2.75) is 12.3 Å². The molecular weight excluding hydrogens is 174 g/mol. The highest BCUT2D eigenvalue weighted by Gasteiger charge is 2.03. The van der Waals surface area contributed by atoms with Crippen LogP contribution in [0, 0.1) is 0 Å². The first-order chi connectivity index (χ1) is 5.77. The molecule has 0 fully saturated rings. The van der Waals surface area contributed by atoms with E-state index < -0.39 is 0 Å². The lowest BCUT2D eigenvalue weighted by Gasteiger charge is -2.00. The number of nitrogens with one attached hydrogen (secondary N) is 1. The standard InChI is InChI=1S/C8H8ClN3/c1-5(9)6-2-3-7-8(4-6)11-12-10-7/h2-5H,1H3,(H,10,11,12). The third kappa shape index (κ3) is 1.16. The summed E-state index contributed by atoms with van der Waals surface area (Å²) in [6.07, 6.45) is 0. The predicted octanol–water partition coefficient (Wildman–Crippen LogP) is 2.26. The first-order valence-corrected chi connectivity index (χ1v) is 4.15. The zero-order chi connectivity index (χ0) is 8.55. The highest BCUT2D eigenvalue weighted by Crippen LogP contribution is 2.21. The molecule has 62 valence electrons. The van der Waals surface area contributed by atoms with Crippen LogP contribution in [0.5, 0.6) is 0 Å². The van der Waals surface area contributed by atoms with Gasteiger partial charge in [0, 0.05) is 0 Å². The maximum atomic E-state index is 5.91. The van der Waals surface area contributed by atoms with Crippen molar-refractivity contribution in [1.29, 1.82) is 0 Å². The summed E-state index contributed by atoms with van der Waals surface area (Å²) in [4.78, 5) is 0. The summed E-state index contributed by atoms with van der Waals surface area (Å²) in [6.45, 7) is 1.93. The lowest BCUT2D eigenvalue weighted by Crippen LogP contribution is -1.83. The number of alkyl halides is 1. The van der Waals surface area contributed by atoms with Gasteiger partial charge in [-0.15, -0.1) is 11.6 Å². The zero-order valence-corrected chi connectivity index (χ0v) is 7.34. The lowest BCUT2D eigenvalue weighted by atomic mass is 10.1. The molecule has 1 heterocycles. The molecule has 1 unspecified atom stereocenters. The minimum Gasteiger partial charge on any atom is -0.197 e. The van der Waals surface area contributed by atoms with E-state index in [1.807, 2.05) is 25.1 Å². The maximum absolute atomic E-state index is 5.91. The van der Waals surface area contributed by atoms with E-state index >= 15 is 0 Å². The number of aromatic nitrogens is 3. The summed E-state index contributed by atoms with van der Waals surface area (Å²) < 4.78 is 0. The van der Waals surface area contributed by atoms with Gasteiger partial charge in [-0.25, -0.2) is 0 Å². The smallest absolute Gasteiger partial charge is 0.113 e. The van der Waals surface area contributed by atoms with Gasteiger partial charge in [0.15, 0.2) is 0 Å². The SMILES string of the molecule is CC(Cl)c1ccc2n[nH]nc2c1. The van der Waals surface area contributed by atoms with Crippen LogP contribution in [0.3, 0.4) is 0 Å². The van der Waals surface area contributed by atoms with Crippen molar-refractivity contribution in [2.75, 3.05) is 0 Å². The Labute approximate surface area is 74.7 Å². The van der Waals surface area contributed by atoms with Gasteiger partial charge in [-0.05, 0) is 24.6 Å². The molecule has 0 saturated carbocycles. The minimum absolute atomic E-state index is 0.0195. The topological polar surface area (TPSA) is 41.6 Å². The van der Waals surface area contributed by atoms with E-state index in [1.54, 1.807) is 0 Å². The molecule has 0 amide bonds. The molecule has 12 heavy (non-hydrogen) atoms. The highest BCUT2D eigenvalue weighted by atomic mass is 35.5. The monoisotopic (exact) mass is 181 g/mol. The Hall–Kier alpha value is -1.09. The zero-order valence-electron chi connectivity index (χ0n) is 6.58. The Morgan fingerprint density at radius 1 is 1.33 bits per heavy atom. The fourth-order valence-corrected chi connectivity index (χ4v) is 1.24. The highest BCUT2D eigenvalue weighted by molar-refractivity contribution is 6.20. The number of halogens is 1. The molecule has 0 spiro atoms. The third-order valence-electron chi connectivity index (χ3n) is 1.80. The molecule has 0 aliphatic rings. The first-order valence-electron chi connectivity index (χ1n) is 3.72. The molecule has 1 N–H and O–H groups in total. The minimum atomic E-state index is 0.0195. The van der Waals surface area contributed by atoms with Crippen LogP contribution >= 0.6 is 11.6 Å². The molecule has 1 atom stereocenters. The summed E-state index contributed by atoms with van der Waals surface area (Å²) in [5, 5.41) is 10.5. The van der Waals surface area contributed by atoms with E-state index in [2.05, 4.69) is 15.4 Å². The van der Waals surface area contributed by atoms with E-state index in [0.29, 0.717) is 0 Å². The Bertz CT molecular complexity index is 394. The number of fused-ring (bicyclic) bond motifs is 1. The number of aromatic amines is 1. The Morgan fingerprint density at radius 3 is 2.83 bits per heavy atom. The number of H-pyrrole nitrogens is 1. The van der Waals surface area contributed by atoms with Crippen LogP contribution < -0.4 is 0 Å². The van der Waals surface area contributed by atoms with E-state index in [9.17, 15) is 0 Å². The molecule has 3 nitrogen and oxygen atoms in total. The van der Waals surface area contributed by atoms with Crippen LogP contribution in [0.4, 0.5) is 0 Å². The van der Waals surface area contributed by atoms with Gasteiger partial charge in [0.25, 0.3) is 0 Å². The van der Waals surface area contributed by atoms with Crippen LogP contribution in [0.15, 0.2) is 18.2 Å². The van der Waals surface area contributed by atoms with E-state index in [0.717, 1.165) is 16.6 Å². The Balaban J connectivity index is 2.60. The second kappa shape index (κ2) is 2.75. The number of benzene rings is 1. The van der Waals surface area contributed by atoms with Crippen molar-refractivity contribution >= 4 is 22.6 Å². The fourth-order valence-electron chi connectivity index (χ4n) is 1.10. The van der Waals surface area contributed by atoms with Gasteiger partial charge in [-0.2, -0.15) is 15.4 Å². The van der Waals surface area contributed by atoms with Gasteiger partial charge in [-0.1, -0.05) is 6.07 Å². The van der Waals surface area contributed by atoms with Gasteiger partial charge in [0.2, 0.25) is 0 Å². The second-order valence-electron chi connectivity index (χ2n) is 2.69. The maximum Gasteiger partial charge on any atom is 0.113 e. The molecule has 0 bridgehead atoms. The molecule has 0 aliphatic carbocycles. The van der Waals surface area contributed by atoms with Gasteiger partial charge in [0.05, 0.1) is 5.38 Å². The quantitative estimate of drug-likeness (QED) is 0.686. The average molecular weight is 182 g/mol. The number of hydrogen-bond acceptors (Lipinski definition) is 2. The van der Waals surface area contributed by atoms with E-state index in [4.69, 9.17) is 11.6 Å². The number of hydrogen-bond donors (Lipinski definition) is 1. The molecule has 2 aromatic rings. The van der Waals surface area contributed by atoms with Gasteiger partial charge in [-0.3, -0.25) is 0 Å². The normalized spacial score (nSPS) is 13.5. The summed E-state index contributed by atoms with van der Waals surface area (Å²) in [5.74, 6) is 0. The van der Waals surface area contributed by atoms with Crippen molar-refractivity contribution in [3.05, 3.63) is 23.8 Å². The van der Waals surface area contributed by atoms with Crippen molar-refractivity contribution in [2.24, 2.45) is 0 Å². The van der Waals surface area contributed by atoms with Crippen molar-refractivity contribution in [3.8, 4) is 0 Å². The molecular formula is C8H8ClN3. The summed E-state index contributed by atoms with van der Waals surface area (Å²) in [5.41, 5.74) is 2.80. The molecule has 0 aliphatic heterocycles. The molecule has 1 aromatic carbocycles. The Morgan fingerprint density at radius 2 is 2.08 bits per heavy atom. The second-order valence-corrected chi connectivity index (χ2v) is 3.34. The van der Waals surface area contributed by atoms with Gasteiger partial charge >= 0.3 is 0 Å². The summed E-state index contributed by atoms with van der Waals surface area (Å²) >= 11 is 5.91. The van der Waals surface area contributed by atoms with Crippen molar-refractivity contribution in [3.63, 3.8) is 0 Å². The van der Waals surface area contributed by atoms with Crippen LogP contribution in [0.2, 0.25) is 0 Å². The van der Waals surface area contributed by atoms with E-state index in [-0.39, 0.29) is 5.38 Å². The largest absolute Gasteiger partial charge is 0.197 e. The number of rotatable bonds is 1. The Kier molecular flexibility index (Phi) is 1.73.